The van der Waals surface area contributed by atoms with E-state index in [1.807, 2.05) is 48.7 Å². The second-order valence-electron chi connectivity index (χ2n) is 7.52. The van der Waals surface area contributed by atoms with Gasteiger partial charge in [0.05, 0.1) is 18.4 Å². The molecule has 0 amide bonds. The Balaban J connectivity index is 1.64. The van der Waals surface area contributed by atoms with Gasteiger partial charge >= 0.3 is 0 Å². The number of nitrogens with one attached hydrogen (secondary N) is 1. The molecule has 160 valence electrons. The summed E-state index contributed by atoms with van der Waals surface area (Å²) in [5.74, 6) is 1.76. The quantitative estimate of drug-likeness (QED) is 0.441. The van der Waals surface area contributed by atoms with E-state index in [1.54, 1.807) is 7.11 Å². The SMILES string of the molecule is CCN(CCNc1cc(C)nc2c(-c3ccccc3OC)c(C)nn12)c1ccccc1. The van der Waals surface area contributed by atoms with E-state index in [0.717, 1.165) is 59.4 Å². The summed E-state index contributed by atoms with van der Waals surface area (Å²) in [6.07, 6.45) is 0. The molecular formula is C25H29N5O. The summed E-state index contributed by atoms with van der Waals surface area (Å²) in [4.78, 5) is 7.16. The van der Waals surface area contributed by atoms with Crippen LogP contribution in [-0.4, -0.2) is 41.3 Å². The first-order valence-corrected chi connectivity index (χ1v) is 10.7. The summed E-state index contributed by atoms with van der Waals surface area (Å²) in [5.41, 5.74) is 5.94. The van der Waals surface area contributed by atoms with Crippen molar-refractivity contribution in [2.45, 2.75) is 20.8 Å². The number of aryl methyl sites for hydroxylation is 2. The van der Waals surface area contributed by atoms with Gasteiger partial charge in [0.1, 0.15) is 11.6 Å². The smallest absolute Gasteiger partial charge is 0.165 e. The normalized spacial score (nSPS) is 11.0. The first-order valence-electron chi connectivity index (χ1n) is 10.7. The highest BCUT2D eigenvalue weighted by Gasteiger charge is 2.18. The van der Waals surface area contributed by atoms with Crippen molar-refractivity contribution >= 4 is 17.2 Å². The molecule has 6 heteroatoms. The number of nitrogens with zero attached hydrogens (tertiary/aromatic N) is 4. The summed E-state index contributed by atoms with van der Waals surface area (Å²) in [6.45, 7) is 8.85. The van der Waals surface area contributed by atoms with Gasteiger partial charge in [-0.05, 0) is 39.0 Å². The van der Waals surface area contributed by atoms with E-state index in [-0.39, 0.29) is 0 Å². The molecule has 1 N–H and O–H groups in total. The maximum atomic E-state index is 5.59. The van der Waals surface area contributed by atoms with Crippen LogP contribution in [0.3, 0.4) is 0 Å². The fourth-order valence-electron chi connectivity index (χ4n) is 3.96. The topological polar surface area (TPSA) is 54.7 Å². The minimum atomic E-state index is 0.796. The third kappa shape index (κ3) is 4.19. The average Bonchev–Trinajstić information content (AvgIpc) is 3.12. The number of methoxy groups -OCH3 is 1. The maximum Gasteiger partial charge on any atom is 0.165 e. The van der Waals surface area contributed by atoms with E-state index in [2.05, 4.69) is 47.5 Å². The van der Waals surface area contributed by atoms with Gasteiger partial charge in [-0.1, -0.05) is 36.4 Å². The molecular weight excluding hydrogens is 386 g/mol. The molecule has 0 saturated heterocycles. The van der Waals surface area contributed by atoms with Crippen LogP contribution in [0.2, 0.25) is 0 Å². The van der Waals surface area contributed by atoms with Gasteiger partial charge in [0, 0.05) is 42.6 Å². The lowest BCUT2D eigenvalue weighted by Crippen LogP contribution is -2.29. The Morgan fingerprint density at radius 2 is 1.77 bits per heavy atom. The minimum absolute atomic E-state index is 0.796. The van der Waals surface area contributed by atoms with Gasteiger partial charge in [-0.15, -0.1) is 0 Å². The van der Waals surface area contributed by atoms with E-state index >= 15 is 0 Å². The van der Waals surface area contributed by atoms with E-state index < -0.39 is 0 Å². The fourth-order valence-corrected chi connectivity index (χ4v) is 3.96. The lowest BCUT2D eigenvalue weighted by Gasteiger charge is -2.23. The van der Waals surface area contributed by atoms with Crippen LogP contribution in [0.1, 0.15) is 18.3 Å². The molecule has 0 aliphatic rings. The maximum absolute atomic E-state index is 5.59. The molecule has 0 radical (unpaired) electrons. The Morgan fingerprint density at radius 1 is 1.03 bits per heavy atom. The number of likely N-dealkylation sites (N-methyl/N-ethyl adjacent to an activating group) is 1. The summed E-state index contributed by atoms with van der Waals surface area (Å²) in [7, 11) is 1.69. The van der Waals surface area contributed by atoms with Gasteiger partial charge in [0.15, 0.2) is 5.65 Å². The van der Waals surface area contributed by atoms with Crippen LogP contribution in [0.5, 0.6) is 5.75 Å². The summed E-state index contributed by atoms with van der Waals surface area (Å²) >= 11 is 0. The number of hydrogen-bond donors (Lipinski definition) is 1. The van der Waals surface area contributed by atoms with Gasteiger partial charge in [-0.25, -0.2) is 4.98 Å². The number of benzene rings is 2. The van der Waals surface area contributed by atoms with Gasteiger partial charge < -0.3 is 15.0 Å². The Hall–Kier alpha value is -3.54. The first kappa shape index (κ1) is 20.7. The van der Waals surface area contributed by atoms with Crippen molar-refractivity contribution in [3.8, 4) is 16.9 Å². The predicted octanol–water partition coefficient (Wildman–Crippen LogP) is 4.96. The molecule has 0 aliphatic heterocycles. The molecule has 2 aromatic heterocycles. The van der Waals surface area contributed by atoms with Crippen molar-refractivity contribution in [2.75, 3.05) is 37.0 Å². The molecule has 6 nitrogen and oxygen atoms in total. The molecule has 0 unspecified atom stereocenters. The third-order valence-corrected chi connectivity index (χ3v) is 5.46. The van der Waals surface area contributed by atoms with E-state index in [1.165, 1.54) is 5.69 Å². The fraction of sp³-hybridized carbons (Fsp3) is 0.280. The molecule has 0 aliphatic carbocycles. The van der Waals surface area contributed by atoms with Crippen LogP contribution in [-0.2, 0) is 0 Å². The number of fused-ring (bicyclic) bond motifs is 1. The molecule has 0 fully saturated rings. The highest BCUT2D eigenvalue weighted by molar-refractivity contribution is 5.84. The molecule has 4 rings (SSSR count). The zero-order chi connectivity index (χ0) is 21.8. The van der Waals surface area contributed by atoms with Crippen LogP contribution >= 0.6 is 0 Å². The summed E-state index contributed by atoms with van der Waals surface area (Å²) in [5, 5.41) is 8.38. The summed E-state index contributed by atoms with van der Waals surface area (Å²) < 4.78 is 7.50. The van der Waals surface area contributed by atoms with E-state index in [9.17, 15) is 0 Å². The number of ether oxygens (including phenoxy) is 1. The Kier molecular flexibility index (Phi) is 6.07. The zero-order valence-electron chi connectivity index (χ0n) is 18.6. The average molecular weight is 416 g/mol. The lowest BCUT2D eigenvalue weighted by atomic mass is 10.1. The van der Waals surface area contributed by atoms with Gasteiger partial charge in [0.25, 0.3) is 0 Å². The second kappa shape index (κ2) is 9.08. The monoisotopic (exact) mass is 415 g/mol. The van der Waals surface area contributed by atoms with Crippen LogP contribution in [0.4, 0.5) is 11.5 Å². The molecule has 0 saturated carbocycles. The first-order chi connectivity index (χ1) is 15.1. The van der Waals surface area contributed by atoms with Crippen LogP contribution in [0.25, 0.3) is 16.8 Å². The molecule has 0 spiro atoms. The lowest BCUT2D eigenvalue weighted by molar-refractivity contribution is 0.416. The highest BCUT2D eigenvalue weighted by atomic mass is 16.5. The van der Waals surface area contributed by atoms with Crippen molar-refractivity contribution in [3.05, 3.63) is 72.1 Å². The van der Waals surface area contributed by atoms with E-state index in [0.29, 0.717) is 0 Å². The van der Waals surface area contributed by atoms with Crippen LogP contribution in [0.15, 0.2) is 60.7 Å². The van der Waals surface area contributed by atoms with Gasteiger partial charge in [0.2, 0.25) is 0 Å². The Bertz CT molecular complexity index is 1170. The number of aromatic nitrogens is 3. The number of anilines is 2. The predicted molar refractivity (Wildman–Crippen MR) is 127 cm³/mol. The Morgan fingerprint density at radius 3 is 2.52 bits per heavy atom. The van der Waals surface area contributed by atoms with Crippen molar-refractivity contribution in [1.82, 2.24) is 14.6 Å². The minimum Gasteiger partial charge on any atom is -0.496 e. The molecule has 4 aromatic rings. The van der Waals surface area contributed by atoms with Crippen LogP contribution < -0.4 is 15.0 Å². The van der Waals surface area contributed by atoms with Crippen molar-refractivity contribution in [3.63, 3.8) is 0 Å². The Labute approximate surface area is 183 Å². The standard InChI is InChI=1S/C25H29N5O/c1-5-29(20-11-7-6-8-12-20)16-15-26-23-17-18(2)27-25-24(19(3)28-30(23)25)21-13-9-10-14-22(21)31-4/h6-14,17,26H,5,15-16H2,1-4H3. The number of hydrogen-bond acceptors (Lipinski definition) is 5. The van der Waals surface area contributed by atoms with Gasteiger partial charge in [-0.2, -0.15) is 9.61 Å². The number of para-hydroxylation sites is 2. The zero-order valence-corrected chi connectivity index (χ0v) is 18.6. The third-order valence-electron chi connectivity index (χ3n) is 5.46. The largest absolute Gasteiger partial charge is 0.496 e. The number of rotatable bonds is 8. The summed E-state index contributed by atoms with van der Waals surface area (Å²) in [6, 6.07) is 20.5. The second-order valence-corrected chi connectivity index (χ2v) is 7.52. The molecule has 2 heterocycles. The molecule has 2 aromatic carbocycles. The highest BCUT2D eigenvalue weighted by Crippen LogP contribution is 2.35. The van der Waals surface area contributed by atoms with Gasteiger partial charge in [-0.3, -0.25) is 0 Å². The van der Waals surface area contributed by atoms with Crippen molar-refractivity contribution in [2.24, 2.45) is 0 Å². The van der Waals surface area contributed by atoms with Crippen molar-refractivity contribution < 1.29 is 4.74 Å². The molecule has 0 atom stereocenters. The van der Waals surface area contributed by atoms with Crippen molar-refractivity contribution in [1.29, 1.82) is 0 Å². The van der Waals surface area contributed by atoms with Crippen LogP contribution in [0, 0.1) is 13.8 Å². The molecule has 0 bridgehead atoms. The van der Waals surface area contributed by atoms with E-state index in [4.69, 9.17) is 14.8 Å². The molecule has 31 heavy (non-hydrogen) atoms.